The van der Waals surface area contributed by atoms with Crippen LogP contribution in [0.1, 0.15) is 45.9 Å². The Morgan fingerprint density at radius 3 is 2.30 bits per heavy atom. The zero-order chi connectivity index (χ0) is 15.0. The highest BCUT2D eigenvalue weighted by molar-refractivity contribution is 6.17. The summed E-state index contributed by atoms with van der Waals surface area (Å²) in [6.07, 6.45) is 0.925. The van der Waals surface area contributed by atoms with Crippen molar-refractivity contribution in [1.82, 2.24) is 4.98 Å². The third-order valence-electron chi connectivity index (χ3n) is 3.46. The SMILES string of the molecule is CCc1cc(CCl)cc(N2CC(C)(C)OC(C)(C)C2)n1. The molecule has 4 heteroatoms. The van der Waals surface area contributed by atoms with Crippen LogP contribution in [0, 0.1) is 0 Å². The first-order valence-corrected chi connectivity index (χ1v) is 7.79. The van der Waals surface area contributed by atoms with E-state index in [-0.39, 0.29) is 11.2 Å². The fourth-order valence-electron chi connectivity index (χ4n) is 3.00. The number of aryl methyl sites for hydroxylation is 1. The van der Waals surface area contributed by atoms with Crippen LogP contribution in [-0.2, 0) is 17.0 Å². The Morgan fingerprint density at radius 2 is 1.80 bits per heavy atom. The van der Waals surface area contributed by atoms with Gasteiger partial charge in [0, 0.05) is 24.7 Å². The second kappa shape index (κ2) is 5.53. The molecule has 0 saturated carbocycles. The lowest BCUT2D eigenvalue weighted by Gasteiger charge is -2.47. The molecule has 1 aromatic heterocycles. The maximum atomic E-state index is 6.13. The average Bonchev–Trinajstić information content (AvgIpc) is 2.34. The first-order chi connectivity index (χ1) is 9.24. The first-order valence-electron chi connectivity index (χ1n) is 7.25. The van der Waals surface area contributed by atoms with Crippen molar-refractivity contribution in [2.24, 2.45) is 0 Å². The topological polar surface area (TPSA) is 25.4 Å². The quantitative estimate of drug-likeness (QED) is 0.794. The number of rotatable bonds is 3. The van der Waals surface area contributed by atoms with E-state index >= 15 is 0 Å². The molecule has 1 aliphatic rings. The summed E-state index contributed by atoms with van der Waals surface area (Å²) >= 11 is 6.01. The fourth-order valence-corrected chi connectivity index (χ4v) is 3.16. The third kappa shape index (κ3) is 3.64. The number of morpholine rings is 1. The standard InChI is InChI=1S/C16H25ClN2O/c1-6-13-7-12(9-17)8-14(18-13)19-10-15(2,3)20-16(4,5)11-19/h7-8H,6,9-11H2,1-5H3. The molecule has 1 aromatic rings. The van der Waals surface area contributed by atoms with Crippen LogP contribution in [0.25, 0.3) is 0 Å². The van der Waals surface area contributed by atoms with Gasteiger partial charge < -0.3 is 9.64 Å². The predicted molar refractivity (Wildman–Crippen MR) is 84.6 cm³/mol. The molecule has 0 unspecified atom stereocenters. The molecule has 0 radical (unpaired) electrons. The van der Waals surface area contributed by atoms with E-state index in [0.29, 0.717) is 5.88 Å². The minimum atomic E-state index is -0.174. The fraction of sp³-hybridized carbons (Fsp3) is 0.688. The van der Waals surface area contributed by atoms with Crippen LogP contribution in [-0.4, -0.2) is 29.3 Å². The molecular formula is C16H25ClN2O. The predicted octanol–water partition coefficient (Wildman–Crippen LogP) is 3.78. The van der Waals surface area contributed by atoms with Gasteiger partial charge in [0.05, 0.1) is 11.2 Å². The van der Waals surface area contributed by atoms with Gasteiger partial charge in [-0.3, -0.25) is 0 Å². The molecule has 1 aliphatic heterocycles. The summed E-state index contributed by atoms with van der Waals surface area (Å²) < 4.78 is 6.13. The van der Waals surface area contributed by atoms with Crippen LogP contribution in [0.5, 0.6) is 0 Å². The highest BCUT2D eigenvalue weighted by atomic mass is 35.5. The van der Waals surface area contributed by atoms with Gasteiger partial charge in [-0.15, -0.1) is 11.6 Å². The molecule has 0 amide bonds. The van der Waals surface area contributed by atoms with Crippen LogP contribution >= 0.6 is 11.6 Å². The Labute approximate surface area is 127 Å². The molecule has 0 aliphatic carbocycles. The minimum Gasteiger partial charge on any atom is -0.366 e. The van der Waals surface area contributed by atoms with Crippen LogP contribution in [0.15, 0.2) is 12.1 Å². The number of aromatic nitrogens is 1. The van der Waals surface area contributed by atoms with Crippen LogP contribution in [0.3, 0.4) is 0 Å². The van der Waals surface area contributed by atoms with Gasteiger partial charge in [0.25, 0.3) is 0 Å². The summed E-state index contributed by atoms with van der Waals surface area (Å²) in [6, 6.07) is 4.19. The molecule has 3 nitrogen and oxygen atoms in total. The molecule has 0 aromatic carbocycles. The maximum absolute atomic E-state index is 6.13. The van der Waals surface area contributed by atoms with E-state index in [9.17, 15) is 0 Å². The summed E-state index contributed by atoms with van der Waals surface area (Å²) in [5.74, 6) is 1.55. The third-order valence-corrected chi connectivity index (χ3v) is 3.77. The first kappa shape index (κ1) is 15.6. The number of anilines is 1. The monoisotopic (exact) mass is 296 g/mol. The van der Waals surface area contributed by atoms with Gasteiger partial charge >= 0.3 is 0 Å². The van der Waals surface area contributed by atoms with Crippen molar-refractivity contribution in [3.8, 4) is 0 Å². The summed E-state index contributed by atoms with van der Waals surface area (Å²) in [4.78, 5) is 7.08. The zero-order valence-electron chi connectivity index (χ0n) is 13.2. The molecule has 0 spiro atoms. The minimum absolute atomic E-state index is 0.174. The number of halogens is 1. The summed E-state index contributed by atoms with van der Waals surface area (Å²) in [7, 11) is 0. The van der Waals surface area contributed by atoms with E-state index in [1.165, 1.54) is 0 Å². The van der Waals surface area contributed by atoms with Gasteiger partial charge in [-0.25, -0.2) is 4.98 Å². The molecule has 20 heavy (non-hydrogen) atoms. The molecule has 112 valence electrons. The second-order valence-corrected chi connectivity index (χ2v) is 7.06. The Morgan fingerprint density at radius 1 is 1.20 bits per heavy atom. The maximum Gasteiger partial charge on any atom is 0.129 e. The van der Waals surface area contributed by atoms with Crippen molar-refractivity contribution in [3.63, 3.8) is 0 Å². The lowest BCUT2D eigenvalue weighted by molar-refractivity contribution is -0.133. The van der Waals surface area contributed by atoms with E-state index < -0.39 is 0 Å². The van der Waals surface area contributed by atoms with Crippen LogP contribution < -0.4 is 4.90 Å². The summed E-state index contributed by atoms with van der Waals surface area (Å²) in [5.41, 5.74) is 1.88. The molecule has 0 N–H and O–H groups in total. The molecule has 2 rings (SSSR count). The Hall–Kier alpha value is -0.800. The van der Waals surface area contributed by atoms with Crippen molar-refractivity contribution in [2.45, 2.75) is 58.1 Å². The largest absolute Gasteiger partial charge is 0.366 e. The lowest BCUT2D eigenvalue weighted by Crippen LogP contribution is -2.57. The van der Waals surface area contributed by atoms with Gasteiger partial charge in [0.15, 0.2) is 0 Å². The van der Waals surface area contributed by atoms with Crippen molar-refractivity contribution >= 4 is 17.4 Å². The Balaban J connectivity index is 2.34. The molecule has 0 atom stereocenters. The van der Waals surface area contributed by atoms with Gasteiger partial charge in [0.2, 0.25) is 0 Å². The Kier molecular flexibility index (Phi) is 4.31. The van der Waals surface area contributed by atoms with E-state index in [1.807, 2.05) is 0 Å². The summed E-state index contributed by atoms with van der Waals surface area (Å²) in [6.45, 7) is 12.3. The molecule has 2 heterocycles. The van der Waals surface area contributed by atoms with E-state index in [1.54, 1.807) is 0 Å². The number of hydrogen-bond acceptors (Lipinski definition) is 3. The van der Waals surface area contributed by atoms with Crippen molar-refractivity contribution in [3.05, 3.63) is 23.4 Å². The number of pyridine rings is 1. The van der Waals surface area contributed by atoms with Gasteiger partial charge in [-0.05, 0) is 51.8 Å². The van der Waals surface area contributed by atoms with Crippen molar-refractivity contribution in [1.29, 1.82) is 0 Å². The van der Waals surface area contributed by atoms with E-state index in [0.717, 1.165) is 36.6 Å². The normalized spacial score (nSPS) is 21.0. The number of hydrogen-bond donors (Lipinski definition) is 0. The van der Waals surface area contributed by atoms with E-state index in [2.05, 4.69) is 51.7 Å². The smallest absolute Gasteiger partial charge is 0.129 e. The average molecular weight is 297 g/mol. The van der Waals surface area contributed by atoms with Crippen LogP contribution in [0.2, 0.25) is 0 Å². The molecular weight excluding hydrogens is 272 g/mol. The molecule has 1 fully saturated rings. The second-order valence-electron chi connectivity index (χ2n) is 6.79. The van der Waals surface area contributed by atoms with Gasteiger partial charge in [-0.2, -0.15) is 0 Å². The van der Waals surface area contributed by atoms with Gasteiger partial charge in [0.1, 0.15) is 5.82 Å². The van der Waals surface area contributed by atoms with Crippen molar-refractivity contribution in [2.75, 3.05) is 18.0 Å². The van der Waals surface area contributed by atoms with Crippen molar-refractivity contribution < 1.29 is 4.74 Å². The molecule has 0 bridgehead atoms. The number of alkyl halides is 1. The van der Waals surface area contributed by atoms with Crippen LogP contribution in [0.4, 0.5) is 5.82 Å². The molecule has 1 saturated heterocycles. The highest BCUT2D eigenvalue weighted by Crippen LogP contribution is 2.31. The number of ether oxygens (including phenoxy) is 1. The highest BCUT2D eigenvalue weighted by Gasteiger charge is 2.38. The zero-order valence-corrected chi connectivity index (χ0v) is 13.9. The van der Waals surface area contributed by atoms with E-state index in [4.69, 9.17) is 21.3 Å². The lowest BCUT2D eigenvalue weighted by atomic mass is 9.99. The van der Waals surface area contributed by atoms with Gasteiger partial charge in [-0.1, -0.05) is 6.92 Å². The summed E-state index contributed by atoms with van der Waals surface area (Å²) in [5, 5.41) is 0. The number of nitrogens with zero attached hydrogens (tertiary/aromatic N) is 2. The Bertz CT molecular complexity index is 447.